The van der Waals surface area contributed by atoms with Crippen LogP contribution in [0, 0.1) is 0 Å². The second kappa shape index (κ2) is 16.6. The molecule has 0 aliphatic carbocycles. The number of anilines is 1. The van der Waals surface area contributed by atoms with Gasteiger partial charge in [0.05, 0.1) is 6.61 Å². The zero-order chi connectivity index (χ0) is 25.4. The maximum Gasteiger partial charge on any atom is 0.368 e. The van der Waals surface area contributed by atoms with Crippen molar-refractivity contribution in [2.45, 2.75) is 102 Å². The molecule has 1 aromatic rings. The van der Waals surface area contributed by atoms with Gasteiger partial charge in [-0.1, -0.05) is 82.4 Å². The molecule has 194 valence electrons. The molecule has 0 aliphatic heterocycles. The van der Waals surface area contributed by atoms with Crippen LogP contribution in [0.4, 0.5) is 18.9 Å². The molecule has 2 unspecified atom stereocenters. The molecule has 9 heteroatoms. The van der Waals surface area contributed by atoms with Crippen molar-refractivity contribution in [3.8, 4) is 5.75 Å². The number of esters is 1. The van der Waals surface area contributed by atoms with Crippen LogP contribution in [0.25, 0.3) is 0 Å². The number of hydrogen-bond donors (Lipinski definition) is 1. The second-order valence-electron chi connectivity index (χ2n) is 8.23. The topological polar surface area (TPSA) is 64.6 Å². The lowest BCUT2D eigenvalue weighted by atomic mass is 10.0. The smallest absolute Gasteiger partial charge is 0.368 e. The molecule has 1 aromatic carbocycles. The predicted molar refractivity (Wildman–Crippen MR) is 128 cm³/mol. The zero-order valence-corrected chi connectivity index (χ0v) is 20.9. The number of ether oxygens (including phenoxy) is 2. The first-order valence-electron chi connectivity index (χ1n) is 12.1. The van der Waals surface area contributed by atoms with Crippen LogP contribution in [0.5, 0.6) is 5.75 Å². The SMILES string of the molecule is CCCCCCCCCCCCC(Oc1cccc(NC(=O)C(F)(F)C(F)Cl)c1)C(=O)OCC. The minimum Gasteiger partial charge on any atom is -0.479 e. The molecule has 34 heavy (non-hydrogen) atoms. The van der Waals surface area contributed by atoms with Crippen LogP contribution in [0.1, 0.15) is 84.5 Å². The third-order valence-corrected chi connectivity index (χ3v) is 5.59. The molecule has 0 saturated carbocycles. The monoisotopic (exact) mass is 507 g/mol. The molecule has 1 rings (SSSR count). The maximum atomic E-state index is 13.4. The van der Waals surface area contributed by atoms with E-state index in [1.54, 1.807) is 6.92 Å². The Labute approximate surface area is 205 Å². The maximum absolute atomic E-state index is 13.4. The molecule has 0 bridgehead atoms. The third kappa shape index (κ3) is 11.4. The molecule has 0 radical (unpaired) electrons. The van der Waals surface area contributed by atoms with Gasteiger partial charge < -0.3 is 14.8 Å². The van der Waals surface area contributed by atoms with Crippen LogP contribution in [-0.2, 0) is 14.3 Å². The Hall–Kier alpha value is -1.96. The van der Waals surface area contributed by atoms with Crippen LogP contribution in [-0.4, -0.2) is 36.1 Å². The van der Waals surface area contributed by atoms with Crippen molar-refractivity contribution in [2.24, 2.45) is 0 Å². The molecular weight excluding hydrogens is 471 g/mol. The molecule has 0 heterocycles. The number of carbonyl (C=O) groups is 2. The lowest BCUT2D eigenvalue weighted by Gasteiger charge is -2.19. The van der Waals surface area contributed by atoms with Crippen molar-refractivity contribution in [3.63, 3.8) is 0 Å². The molecule has 0 aliphatic rings. The lowest BCUT2D eigenvalue weighted by molar-refractivity contribution is -0.151. The first-order valence-corrected chi connectivity index (χ1v) is 12.6. The quantitative estimate of drug-likeness (QED) is 0.127. The highest BCUT2D eigenvalue weighted by molar-refractivity contribution is 6.22. The van der Waals surface area contributed by atoms with Gasteiger partial charge in [0.25, 0.3) is 5.91 Å². The molecule has 0 spiro atoms. The standard InChI is InChI=1S/C25H37ClF3NO4/c1-3-5-6-7-8-9-10-11-12-13-17-21(22(31)33-4-2)34-20-16-14-15-19(18-20)30-24(32)25(28,29)23(26)27/h14-16,18,21,23H,3-13,17H2,1-2H3,(H,30,32). The largest absolute Gasteiger partial charge is 0.479 e. The fourth-order valence-corrected chi connectivity index (χ4v) is 3.50. The van der Waals surface area contributed by atoms with E-state index in [-0.39, 0.29) is 18.0 Å². The summed E-state index contributed by atoms with van der Waals surface area (Å²) in [5, 5.41) is 1.91. The Bertz CT molecular complexity index is 734. The number of alkyl halides is 4. The Morgan fingerprint density at radius 2 is 1.59 bits per heavy atom. The van der Waals surface area contributed by atoms with Crippen molar-refractivity contribution in [2.75, 3.05) is 11.9 Å². The van der Waals surface area contributed by atoms with Gasteiger partial charge in [-0.3, -0.25) is 4.79 Å². The molecule has 0 saturated heterocycles. The zero-order valence-electron chi connectivity index (χ0n) is 20.1. The van der Waals surface area contributed by atoms with E-state index in [0.717, 1.165) is 25.7 Å². The van der Waals surface area contributed by atoms with Gasteiger partial charge in [-0.2, -0.15) is 8.78 Å². The van der Waals surface area contributed by atoms with Gasteiger partial charge in [-0.15, -0.1) is 0 Å². The highest BCUT2D eigenvalue weighted by Crippen LogP contribution is 2.28. The van der Waals surface area contributed by atoms with Gasteiger partial charge in [0.15, 0.2) is 6.10 Å². The third-order valence-electron chi connectivity index (χ3n) is 5.32. The first-order chi connectivity index (χ1) is 16.2. The molecular formula is C25H37ClF3NO4. The van der Waals surface area contributed by atoms with E-state index in [9.17, 15) is 22.8 Å². The summed E-state index contributed by atoms with van der Waals surface area (Å²) in [5.74, 6) is -6.59. The normalized spacial score (nSPS) is 13.2. The number of benzene rings is 1. The van der Waals surface area contributed by atoms with Crippen molar-refractivity contribution < 1.29 is 32.2 Å². The van der Waals surface area contributed by atoms with Gasteiger partial charge in [0.2, 0.25) is 5.63 Å². The number of rotatable bonds is 18. The first kappa shape index (κ1) is 30.1. The summed E-state index contributed by atoms with van der Waals surface area (Å²) in [5.41, 5.74) is -3.19. The summed E-state index contributed by atoms with van der Waals surface area (Å²) in [6, 6.07) is 5.60. The summed E-state index contributed by atoms with van der Waals surface area (Å²) < 4.78 is 50.5. The van der Waals surface area contributed by atoms with E-state index in [2.05, 4.69) is 6.92 Å². The average molecular weight is 508 g/mol. The fourth-order valence-electron chi connectivity index (χ4n) is 3.40. The van der Waals surface area contributed by atoms with E-state index >= 15 is 0 Å². The van der Waals surface area contributed by atoms with Gasteiger partial charge in [-0.25, -0.2) is 9.18 Å². The Balaban J connectivity index is 2.57. The molecule has 5 nitrogen and oxygen atoms in total. The molecule has 2 atom stereocenters. The van der Waals surface area contributed by atoms with Crippen molar-refractivity contribution in [1.82, 2.24) is 0 Å². The number of unbranched alkanes of at least 4 members (excludes halogenated alkanes) is 9. The number of nitrogens with one attached hydrogen (secondary N) is 1. The number of halogens is 4. The molecule has 1 amide bonds. The van der Waals surface area contributed by atoms with E-state index < -0.39 is 29.5 Å². The van der Waals surface area contributed by atoms with Crippen LogP contribution >= 0.6 is 11.6 Å². The highest BCUT2D eigenvalue weighted by Gasteiger charge is 2.47. The Morgan fingerprint density at radius 1 is 1.00 bits per heavy atom. The van der Waals surface area contributed by atoms with Gasteiger partial charge >= 0.3 is 11.9 Å². The van der Waals surface area contributed by atoms with Crippen molar-refractivity contribution >= 4 is 29.2 Å². The predicted octanol–water partition coefficient (Wildman–Crippen LogP) is 7.42. The fraction of sp³-hybridized carbons (Fsp3) is 0.680. The lowest BCUT2D eigenvalue weighted by Crippen LogP contribution is -2.40. The van der Waals surface area contributed by atoms with Crippen LogP contribution in [0.15, 0.2) is 24.3 Å². The van der Waals surface area contributed by atoms with Crippen LogP contribution in [0.2, 0.25) is 0 Å². The summed E-state index contributed by atoms with van der Waals surface area (Å²) in [6.45, 7) is 4.10. The minimum atomic E-state index is -4.39. The molecule has 1 N–H and O–H groups in total. The second-order valence-corrected chi connectivity index (χ2v) is 8.62. The average Bonchev–Trinajstić information content (AvgIpc) is 2.79. The Morgan fingerprint density at radius 3 is 2.15 bits per heavy atom. The van der Waals surface area contributed by atoms with Gasteiger partial charge in [0, 0.05) is 11.8 Å². The van der Waals surface area contributed by atoms with Crippen LogP contribution in [0.3, 0.4) is 0 Å². The Kier molecular flexibility index (Phi) is 14.7. The summed E-state index contributed by atoms with van der Waals surface area (Å²) in [6.07, 6.45) is 11.1. The summed E-state index contributed by atoms with van der Waals surface area (Å²) in [7, 11) is 0. The summed E-state index contributed by atoms with van der Waals surface area (Å²) >= 11 is 4.76. The van der Waals surface area contributed by atoms with Crippen molar-refractivity contribution in [1.29, 1.82) is 0 Å². The van der Waals surface area contributed by atoms with Crippen molar-refractivity contribution in [3.05, 3.63) is 24.3 Å². The minimum absolute atomic E-state index is 0.0407. The van der Waals surface area contributed by atoms with E-state index in [0.29, 0.717) is 6.42 Å². The molecule has 0 fully saturated rings. The van der Waals surface area contributed by atoms with E-state index in [1.165, 1.54) is 62.8 Å². The number of hydrogen-bond acceptors (Lipinski definition) is 4. The highest BCUT2D eigenvalue weighted by atomic mass is 35.5. The summed E-state index contributed by atoms with van der Waals surface area (Å²) in [4.78, 5) is 24.0. The molecule has 0 aromatic heterocycles. The van der Waals surface area contributed by atoms with Gasteiger partial charge in [-0.05, 0) is 31.9 Å². The van der Waals surface area contributed by atoms with E-state index in [4.69, 9.17) is 21.1 Å². The van der Waals surface area contributed by atoms with Gasteiger partial charge in [0.1, 0.15) is 5.75 Å². The van der Waals surface area contributed by atoms with E-state index in [1.807, 2.05) is 5.32 Å². The number of amides is 1. The van der Waals surface area contributed by atoms with Crippen LogP contribution < -0.4 is 10.1 Å². The number of carbonyl (C=O) groups excluding carboxylic acids is 2.